The van der Waals surface area contributed by atoms with Gasteiger partial charge in [-0.3, -0.25) is 0 Å². The van der Waals surface area contributed by atoms with Crippen LogP contribution in [0.25, 0.3) is 32.4 Å². The molecule has 2 aromatic heterocycles. The van der Waals surface area contributed by atoms with Crippen molar-refractivity contribution in [1.82, 2.24) is 8.75 Å². The van der Waals surface area contributed by atoms with Crippen molar-refractivity contribution in [3.8, 4) is 16.5 Å². The fourth-order valence-corrected chi connectivity index (χ4v) is 5.48. The highest BCUT2D eigenvalue weighted by atomic mass is 32.1. The van der Waals surface area contributed by atoms with Gasteiger partial charge in [-0.25, -0.2) is 10.1 Å². The van der Waals surface area contributed by atoms with Gasteiger partial charge in [0.05, 0.1) is 24.4 Å². The van der Waals surface area contributed by atoms with Gasteiger partial charge < -0.3 is 4.90 Å². The van der Waals surface area contributed by atoms with Gasteiger partial charge in [0.1, 0.15) is 16.0 Å². The zero-order valence-electron chi connectivity index (χ0n) is 19.1. The molecule has 0 unspecified atom stereocenters. The number of thiophene rings is 1. The van der Waals surface area contributed by atoms with Crippen LogP contribution in [0.5, 0.6) is 0 Å². The molecular formula is C28H19N5S2. The predicted octanol–water partition coefficient (Wildman–Crippen LogP) is 8.29. The van der Waals surface area contributed by atoms with Crippen LogP contribution in [0.2, 0.25) is 0 Å². The van der Waals surface area contributed by atoms with Gasteiger partial charge in [-0.2, -0.15) is 8.75 Å². The summed E-state index contributed by atoms with van der Waals surface area (Å²) >= 11 is 2.82. The lowest BCUT2D eigenvalue weighted by Crippen LogP contribution is -2.08. The summed E-state index contributed by atoms with van der Waals surface area (Å²) in [4.78, 5) is 6.60. The summed E-state index contributed by atoms with van der Waals surface area (Å²) in [5, 5.41) is 10.2. The van der Waals surface area contributed by atoms with E-state index >= 15 is 0 Å². The molecule has 5 nitrogen and oxygen atoms in total. The maximum absolute atomic E-state index is 9.15. The van der Waals surface area contributed by atoms with Gasteiger partial charge in [-0.1, -0.05) is 47.5 Å². The third-order valence-corrected chi connectivity index (χ3v) is 7.27. The van der Waals surface area contributed by atoms with Crippen LogP contribution in [0.4, 0.5) is 16.4 Å². The number of rotatable bonds is 5. The third-order valence-electron chi connectivity index (χ3n) is 5.64. The van der Waals surface area contributed by atoms with E-state index in [0.29, 0.717) is 5.52 Å². The molecule has 0 saturated heterocycles. The molecule has 0 atom stereocenters. The normalized spacial score (nSPS) is 11.3. The van der Waals surface area contributed by atoms with E-state index in [1.165, 1.54) is 11.1 Å². The van der Waals surface area contributed by atoms with Crippen molar-refractivity contribution in [3.63, 3.8) is 0 Å². The average molecular weight is 490 g/mol. The smallest absolute Gasteiger partial charge is 0.262 e. The fourth-order valence-electron chi connectivity index (χ4n) is 3.82. The summed E-state index contributed by atoms with van der Waals surface area (Å²) in [5.41, 5.74) is 7.83. The minimum Gasteiger partial charge on any atom is -0.302 e. The first-order chi connectivity index (χ1) is 17.1. The first-order valence-corrected chi connectivity index (χ1v) is 12.4. The van der Waals surface area contributed by atoms with Crippen LogP contribution in [0.1, 0.15) is 16.7 Å². The lowest BCUT2D eigenvalue weighted by atomic mass is 10.1. The molecule has 0 amide bonds. The Morgan fingerprint density at radius 2 is 1.51 bits per heavy atom. The Balaban J connectivity index is 1.60. The Labute approximate surface area is 212 Å². The summed E-state index contributed by atoms with van der Waals surface area (Å²) in [7, 11) is 0. The quantitative estimate of drug-likeness (QED) is 0.184. The van der Waals surface area contributed by atoms with Crippen LogP contribution in [0, 0.1) is 31.8 Å². The number of nitrogens with zero attached hydrogens (tertiary/aromatic N) is 5. The summed E-state index contributed by atoms with van der Waals surface area (Å²) in [5.74, 6) is 0. The Hall–Kier alpha value is -4.30. The van der Waals surface area contributed by atoms with Gasteiger partial charge in [-0.15, -0.1) is 11.3 Å². The van der Waals surface area contributed by atoms with Crippen LogP contribution >= 0.6 is 23.1 Å². The van der Waals surface area contributed by atoms with E-state index in [1.807, 2.05) is 18.2 Å². The van der Waals surface area contributed by atoms with Gasteiger partial charge in [0.25, 0.3) is 5.70 Å². The molecular weight excluding hydrogens is 470 g/mol. The molecule has 0 aliphatic carbocycles. The van der Waals surface area contributed by atoms with E-state index in [0.717, 1.165) is 49.6 Å². The minimum atomic E-state index is 0.0253. The second kappa shape index (κ2) is 9.52. The number of hydrogen-bond acceptors (Lipinski definition) is 6. The van der Waals surface area contributed by atoms with Crippen molar-refractivity contribution >= 4 is 56.6 Å². The molecule has 0 N–H and O–H groups in total. The Morgan fingerprint density at radius 3 is 2.11 bits per heavy atom. The van der Waals surface area contributed by atoms with E-state index in [4.69, 9.17) is 11.8 Å². The summed E-state index contributed by atoms with van der Waals surface area (Å²) in [6.45, 7) is 11.3. The van der Waals surface area contributed by atoms with E-state index in [1.54, 1.807) is 17.4 Å². The summed E-state index contributed by atoms with van der Waals surface area (Å²) in [6, 6.07) is 27.1. The molecule has 2 heterocycles. The molecule has 7 heteroatoms. The highest BCUT2D eigenvalue weighted by Crippen LogP contribution is 2.43. The Morgan fingerprint density at radius 1 is 0.886 bits per heavy atom. The van der Waals surface area contributed by atoms with Crippen molar-refractivity contribution in [3.05, 3.63) is 107 Å². The average Bonchev–Trinajstić information content (AvgIpc) is 3.56. The van der Waals surface area contributed by atoms with Crippen LogP contribution in [0.3, 0.4) is 0 Å². The summed E-state index contributed by atoms with van der Waals surface area (Å²) in [6.07, 6.45) is 1.57. The van der Waals surface area contributed by atoms with Crippen molar-refractivity contribution in [2.24, 2.45) is 0 Å². The predicted molar refractivity (Wildman–Crippen MR) is 145 cm³/mol. The molecule has 0 aliphatic heterocycles. The monoisotopic (exact) mass is 489 g/mol. The topological polar surface area (TPSA) is 57.2 Å². The van der Waals surface area contributed by atoms with Crippen molar-refractivity contribution in [1.29, 1.82) is 5.26 Å². The van der Waals surface area contributed by atoms with Crippen molar-refractivity contribution in [2.75, 3.05) is 4.90 Å². The third kappa shape index (κ3) is 4.43. The molecule has 0 radical (unpaired) electrons. The number of fused-ring (bicyclic) bond motifs is 1. The molecule has 0 aliphatic rings. The maximum atomic E-state index is 9.15. The molecule has 35 heavy (non-hydrogen) atoms. The number of aromatic nitrogens is 2. The van der Waals surface area contributed by atoms with E-state index < -0.39 is 0 Å². The molecule has 168 valence electrons. The number of aryl methyl sites for hydroxylation is 2. The van der Waals surface area contributed by atoms with Gasteiger partial charge in [0.15, 0.2) is 0 Å². The van der Waals surface area contributed by atoms with Crippen LogP contribution in [0.15, 0.2) is 78.5 Å². The number of anilines is 3. The van der Waals surface area contributed by atoms with Crippen molar-refractivity contribution in [2.45, 2.75) is 13.8 Å². The van der Waals surface area contributed by atoms with E-state index in [9.17, 15) is 0 Å². The largest absolute Gasteiger partial charge is 0.302 e. The second-order valence-electron chi connectivity index (χ2n) is 8.06. The zero-order valence-corrected chi connectivity index (χ0v) is 20.7. The lowest BCUT2D eigenvalue weighted by molar-refractivity contribution is 1.29. The molecule has 0 bridgehead atoms. The minimum absolute atomic E-state index is 0.0253. The van der Waals surface area contributed by atoms with Gasteiger partial charge in [0, 0.05) is 21.8 Å². The number of benzene rings is 3. The molecule has 0 saturated carbocycles. The van der Waals surface area contributed by atoms with E-state index in [-0.39, 0.29) is 5.70 Å². The fraction of sp³-hybridized carbons (Fsp3) is 0.0714. The SMILES string of the molecule is [C-]#[N+]/C(C#N)=C\c1ccc(-c2ccc(N(c3ccc(C)cc3)c3ccc(C)cc3)s2)c2nsnc12. The first kappa shape index (κ1) is 22.5. The van der Waals surface area contributed by atoms with Crippen LogP contribution in [-0.4, -0.2) is 8.75 Å². The molecule has 3 aromatic carbocycles. The highest BCUT2D eigenvalue weighted by molar-refractivity contribution is 7.19. The standard InChI is InChI=1S/C28H19N5S2/c1-18-4-9-22(10-5-18)33(23-11-6-19(2)7-12-23)26-15-14-25(34-26)24-13-8-20(16-21(17-29)30-3)27-28(24)32-35-31-27/h4-16H,1-2H3/b21-16-. The zero-order chi connectivity index (χ0) is 24.4. The number of allylic oxidation sites excluding steroid dienone is 1. The van der Waals surface area contributed by atoms with Gasteiger partial charge in [-0.05, 0) is 61.9 Å². The maximum Gasteiger partial charge on any atom is 0.262 e. The Bertz CT molecular complexity index is 1570. The number of nitriles is 1. The molecule has 0 fully saturated rings. The highest BCUT2D eigenvalue weighted by Gasteiger charge is 2.18. The lowest BCUT2D eigenvalue weighted by Gasteiger charge is -2.24. The van der Waals surface area contributed by atoms with Crippen LogP contribution < -0.4 is 4.90 Å². The molecule has 0 spiro atoms. The van der Waals surface area contributed by atoms with Crippen molar-refractivity contribution < 1.29 is 0 Å². The van der Waals surface area contributed by atoms with E-state index in [2.05, 4.69) is 93.0 Å². The first-order valence-electron chi connectivity index (χ1n) is 10.9. The second-order valence-corrected chi connectivity index (χ2v) is 9.65. The molecule has 5 rings (SSSR count). The molecule has 5 aromatic rings. The van der Waals surface area contributed by atoms with Crippen LogP contribution in [-0.2, 0) is 0 Å². The Kier molecular flexibility index (Phi) is 6.12. The summed E-state index contributed by atoms with van der Waals surface area (Å²) < 4.78 is 8.99. The number of hydrogen-bond donors (Lipinski definition) is 0. The van der Waals surface area contributed by atoms with Gasteiger partial charge >= 0.3 is 0 Å². The van der Waals surface area contributed by atoms with Gasteiger partial charge in [0.2, 0.25) is 0 Å².